The maximum Gasteiger partial charge on any atom is 0.417 e. The molecule has 1 aromatic carbocycles. The van der Waals surface area contributed by atoms with Crippen LogP contribution in [-0.4, -0.2) is 48.2 Å². The van der Waals surface area contributed by atoms with Gasteiger partial charge in [0.05, 0.1) is 11.1 Å². The minimum absolute atomic E-state index is 0.281. The molecule has 1 aliphatic heterocycles. The number of alkyl halides is 3. The number of H-pyrrole nitrogens is 1. The van der Waals surface area contributed by atoms with Gasteiger partial charge in [-0.1, -0.05) is 0 Å². The largest absolute Gasteiger partial charge is 0.417 e. The van der Waals surface area contributed by atoms with Crippen LogP contribution in [0, 0.1) is 0 Å². The van der Waals surface area contributed by atoms with E-state index < -0.39 is 17.6 Å². The van der Waals surface area contributed by atoms with Crippen molar-refractivity contribution in [3.8, 4) is 0 Å². The van der Waals surface area contributed by atoms with Gasteiger partial charge in [0.15, 0.2) is 0 Å². The summed E-state index contributed by atoms with van der Waals surface area (Å²) in [5.74, 6) is 0.0670. The second kappa shape index (κ2) is 7.13. The Balaban J connectivity index is 1.81. The lowest BCUT2D eigenvalue weighted by Crippen LogP contribution is -2.33. The number of nitrogen functional groups attached to an aromatic ring is 1. The number of benzene rings is 1. The van der Waals surface area contributed by atoms with Gasteiger partial charge in [-0.05, 0) is 31.0 Å². The summed E-state index contributed by atoms with van der Waals surface area (Å²) in [7, 11) is 2.88. The van der Waals surface area contributed by atoms with Crippen LogP contribution in [0.5, 0.6) is 0 Å². The number of piperidine rings is 1. The number of aromatic amines is 1. The molecule has 2 aromatic rings. The van der Waals surface area contributed by atoms with Gasteiger partial charge in [0.1, 0.15) is 5.82 Å². The third-order valence-corrected chi connectivity index (χ3v) is 4.86. The highest BCUT2D eigenvalue weighted by atomic mass is 19.4. The Morgan fingerprint density at radius 2 is 1.93 bits per heavy atom. The van der Waals surface area contributed by atoms with Gasteiger partial charge in [0.2, 0.25) is 0 Å². The average Bonchev–Trinajstić information content (AvgIpc) is 3.06. The van der Waals surface area contributed by atoms with Gasteiger partial charge in [-0.3, -0.25) is 9.89 Å². The Hall–Kier alpha value is -2.71. The minimum Gasteiger partial charge on any atom is -0.382 e. The first kappa shape index (κ1) is 19.1. The molecule has 0 bridgehead atoms. The lowest BCUT2D eigenvalue weighted by Gasteiger charge is -2.33. The normalized spacial score (nSPS) is 15.8. The number of anilines is 2. The van der Waals surface area contributed by atoms with Crippen LogP contribution in [0.4, 0.5) is 24.7 Å². The molecule has 146 valence electrons. The highest BCUT2D eigenvalue weighted by Gasteiger charge is 2.36. The Bertz CT molecular complexity index is 823. The van der Waals surface area contributed by atoms with Crippen molar-refractivity contribution < 1.29 is 18.0 Å². The van der Waals surface area contributed by atoms with Crippen LogP contribution >= 0.6 is 0 Å². The lowest BCUT2D eigenvalue weighted by atomic mass is 9.93. The fraction of sp³-hybridized carbons (Fsp3) is 0.444. The highest BCUT2D eigenvalue weighted by molar-refractivity contribution is 5.96. The lowest BCUT2D eigenvalue weighted by molar-refractivity contribution is -0.138. The van der Waals surface area contributed by atoms with Crippen molar-refractivity contribution >= 4 is 17.4 Å². The number of amides is 1. The molecular formula is C18H22F3N5O. The fourth-order valence-electron chi connectivity index (χ4n) is 3.40. The van der Waals surface area contributed by atoms with Crippen molar-refractivity contribution in [3.63, 3.8) is 0 Å². The molecule has 0 saturated carbocycles. The Morgan fingerprint density at radius 1 is 1.26 bits per heavy atom. The van der Waals surface area contributed by atoms with E-state index in [2.05, 4.69) is 10.2 Å². The van der Waals surface area contributed by atoms with Crippen molar-refractivity contribution in [2.75, 3.05) is 37.8 Å². The molecule has 3 rings (SSSR count). The molecule has 3 N–H and O–H groups in total. The summed E-state index contributed by atoms with van der Waals surface area (Å²) in [6.07, 6.45) is -2.94. The van der Waals surface area contributed by atoms with Gasteiger partial charge in [-0.15, -0.1) is 0 Å². The third kappa shape index (κ3) is 4.01. The summed E-state index contributed by atoms with van der Waals surface area (Å²) in [5, 5.41) is 6.86. The fourth-order valence-corrected chi connectivity index (χ4v) is 3.40. The van der Waals surface area contributed by atoms with E-state index in [4.69, 9.17) is 5.73 Å². The van der Waals surface area contributed by atoms with Gasteiger partial charge in [-0.25, -0.2) is 0 Å². The third-order valence-electron chi connectivity index (χ3n) is 4.86. The summed E-state index contributed by atoms with van der Waals surface area (Å²) < 4.78 is 39.8. The number of nitrogens with zero attached hydrogens (tertiary/aromatic N) is 3. The van der Waals surface area contributed by atoms with Crippen LogP contribution < -0.4 is 10.6 Å². The summed E-state index contributed by atoms with van der Waals surface area (Å²) in [6, 6.07) is 5.59. The molecule has 1 fully saturated rings. The van der Waals surface area contributed by atoms with E-state index in [1.165, 1.54) is 26.2 Å². The number of carbonyl (C=O) groups is 1. The standard InChI is InChI=1S/C18H22F3N5O/c1-25(2)17(27)13-9-12(3-4-14(13)18(19,20)21)26-7-5-11(6-8-26)15-10-16(22)24-23-15/h3-4,9-11H,5-8H2,1-2H3,(H3,22,23,24). The van der Waals surface area contributed by atoms with Crippen LogP contribution in [0.3, 0.4) is 0 Å². The Kier molecular flexibility index (Phi) is 5.03. The topological polar surface area (TPSA) is 78.2 Å². The van der Waals surface area contributed by atoms with Crippen LogP contribution in [0.1, 0.15) is 40.4 Å². The van der Waals surface area contributed by atoms with Crippen molar-refractivity contribution in [2.24, 2.45) is 0 Å². The molecule has 0 radical (unpaired) electrons. The van der Waals surface area contributed by atoms with Gasteiger partial charge < -0.3 is 15.5 Å². The predicted molar refractivity (Wildman–Crippen MR) is 96.6 cm³/mol. The quantitative estimate of drug-likeness (QED) is 0.856. The number of aromatic nitrogens is 2. The summed E-state index contributed by atoms with van der Waals surface area (Å²) in [5.41, 5.74) is 6.00. The van der Waals surface area contributed by atoms with E-state index in [1.54, 1.807) is 0 Å². The second-order valence-corrected chi connectivity index (χ2v) is 6.94. The zero-order valence-corrected chi connectivity index (χ0v) is 15.2. The maximum atomic E-state index is 13.3. The van der Waals surface area contributed by atoms with E-state index >= 15 is 0 Å². The maximum absolute atomic E-state index is 13.3. The number of carbonyl (C=O) groups excluding carboxylic acids is 1. The minimum atomic E-state index is -4.58. The van der Waals surface area contributed by atoms with E-state index in [0.717, 1.165) is 29.5 Å². The molecule has 2 heterocycles. The number of rotatable bonds is 3. The van der Waals surface area contributed by atoms with Crippen LogP contribution in [0.15, 0.2) is 24.3 Å². The first-order valence-electron chi connectivity index (χ1n) is 8.65. The first-order chi connectivity index (χ1) is 12.7. The number of hydrogen-bond donors (Lipinski definition) is 2. The number of hydrogen-bond acceptors (Lipinski definition) is 4. The highest BCUT2D eigenvalue weighted by Crippen LogP contribution is 2.36. The zero-order valence-electron chi connectivity index (χ0n) is 15.2. The van der Waals surface area contributed by atoms with E-state index in [9.17, 15) is 18.0 Å². The molecule has 6 nitrogen and oxygen atoms in total. The van der Waals surface area contributed by atoms with Crippen LogP contribution in [0.2, 0.25) is 0 Å². The van der Waals surface area contributed by atoms with Crippen LogP contribution in [0.25, 0.3) is 0 Å². The molecule has 0 aliphatic carbocycles. The molecule has 0 atom stereocenters. The van der Waals surface area contributed by atoms with Crippen molar-refractivity contribution in [2.45, 2.75) is 24.9 Å². The molecule has 1 amide bonds. The predicted octanol–water partition coefficient (Wildman–Crippen LogP) is 3.10. The van der Waals surface area contributed by atoms with Gasteiger partial charge in [0.25, 0.3) is 5.91 Å². The Labute approximate surface area is 155 Å². The molecular weight excluding hydrogens is 359 g/mol. The van der Waals surface area contributed by atoms with Crippen molar-refractivity contribution in [1.29, 1.82) is 0 Å². The second-order valence-electron chi connectivity index (χ2n) is 6.94. The number of nitrogens with two attached hydrogens (primary N) is 1. The molecule has 1 aliphatic rings. The van der Waals surface area contributed by atoms with Crippen molar-refractivity contribution in [3.05, 3.63) is 41.1 Å². The number of halogens is 3. The molecule has 27 heavy (non-hydrogen) atoms. The Morgan fingerprint density at radius 3 is 2.44 bits per heavy atom. The van der Waals surface area contributed by atoms with Crippen molar-refractivity contribution in [1.82, 2.24) is 15.1 Å². The van der Waals surface area contributed by atoms with Gasteiger partial charge in [-0.2, -0.15) is 18.3 Å². The number of nitrogens with one attached hydrogen (secondary N) is 1. The summed E-state index contributed by atoms with van der Waals surface area (Å²) in [4.78, 5) is 15.4. The van der Waals surface area contributed by atoms with Gasteiger partial charge in [0, 0.05) is 50.6 Å². The zero-order chi connectivity index (χ0) is 19.8. The van der Waals surface area contributed by atoms with Crippen LogP contribution in [-0.2, 0) is 6.18 Å². The molecule has 1 saturated heterocycles. The summed E-state index contributed by atoms with van der Waals surface area (Å²) in [6.45, 7) is 1.34. The molecule has 0 spiro atoms. The van der Waals surface area contributed by atoms with E-state index in [0.29, 0.717) is 24.6 Å². The monoisotopic (exact) mass is 381 g/mol. The smallest absolute Gasteiger partial charge is 0.382 e. The van der Waals surface area contributed by atoms with Gasteiger partial charge >= 0.3 is 6.18 Å². The molecule has 0 unspecified atom stereocenters. The molecule has 1 aromatic heterocycles. The first-order valence-corrected chi connectivity index (χ1v) is 8.65. The SMILES string of the molecule is CN(C)C(=O)c1cc(N2CCC(c3cc(N)n[nH]3)CC2)ccc1C(F)(F)F. The van der Waals surface area contributed by atoms with E-state index in [1.807, 2.05) is 11.0 Å². The molecule has 9 heteroatoms. The van der Waals surface area contributed by atoms with E-state index in [-0.39, 0.29) is 11.5 Å². The summed E-state index contributed by atoms with van der Waals surface area (Å²) >= 11 is 0. The average molecular weight is 381 g/mol.